The molecule has 1 aromatic carbocycles. The molecule has 15 heavy (non-hydrogen) atoms. The molecule has 0 amide bonds. The Labute approximate surface area is 90.3 Å². The van der Waals surface area contributed by atoms with Crippen LogP contribution >= 0.6 is 0 Å². The number of hydrogen-bond donors (Lipinski definition) is 2. The zero-order chi connectivity index (χ0) is 11.3. The highest BCUT2D eigenvalue weighted by Gasteiger charge is 2.04. The van der Waals surface area contributed by atoms with Crippen LogP contribution in [0.4, 0.5) is 0 Å². The summed E-state index contributed by atoms with van der Waals surface area (Å²) in [6.45, 7) is 4.88. The van der Waals surface area contributed by atoms with Gasteiger partial charge in [0.1, 0.15) is 5.75 Å². The van der Waals surface area contributed by atoms with Gasteiger partial charge < -0.3 is 14.9 Å². The molecular weight excluding hydrogens is 192 g/mol. The number of aliphatic hydroxyl groups is 2. The second-order valence-electron chi connectivity index (χ2n) is 3.77. The van der Waals surface area contributed by atoms with Crippen molar-refractivity contribution in [2.45, 2.75) is 26.6 Å². The summed E-state index contributed by atoms with van der Waals surface area (Å²) in [6, 6.07) is 6.86. The molecule has 3 heteroatoms. The molecule has 0 bridgehead atoms. The van der Waals surface area contributed by atoms with E-state index < -0.39 is 6.29 Å². The van der Waals surface area contributed by atoms with Crippen LogP contribution in [0.5, 0.6) is 5.75 Å². The van der Waals surface area contributed by atoms with Gasteiger partial charge in [-0.25, -0.2) is 0 Å². The fourth-order valence-electron chi connectivity index (χ4n) is 1.12. The fourth-order valence-corrected chi connectivity index (χ4v) is 1.12. The molecule has 0 aliphatic heterocycles. The third-order valence-electron chi connectivity index (χ3n) is 2.39. The number of rotatable bonds is 5. The molecule has 0 saturated carbocycles. The van der Waals surface area contributed by atoms with Crippen LogP contribution in [0.3, 0.4) is 0 Å². The van der Waals surface area contributed by atoms with Gasteiger partial charge >= 0.3 is 0 Å². The van der Waals surface area contributed by atoms with Crippen LogP contribution in [-0.2, 0) is 0 Å². The van der Waals surface area contributed by atoms with Crippen molar-refractivity contribution in [1.82, 2.24) is 0 Å². The number of hydrogen-bond acceptors (Lipinski definition) is 3. The summed E-state index contributed by atoms with van der Waals surface area (Å²) in [5.74, 6) is 1.19. The number of benzene rings is 1. The molecule has 84 valence electrons. The van der Waals surface area contributed by atoms with E-state index in [2.05, 4.69) is 13.8 Å². The molecule has 0 radical (unpaired) electrons. The van der Waals surface area contributed by atoms with Gasteiger partial charge in [-0.2, -0.15) is 0 Å². The van der Waals surface area contributed by atoms with Gasteiger partial charge in [0, 0.05) is 5.56 Å². The molecule has 0 spiro atoms. The SMILES string of the molecule is CCC(C)COc1cccc(C(O)O)c1. The van der Waals surface area contributed by atoms with Gasteiger partial charge in [0.2, 0.25) is 0 Å². The predicted molar refractivity (Wildman–Crippen MR) is 58.6 cm³/mol. The van der Waals surface area contributed by atoms with Crippen molar-refractivity contribution in [3.05, 3.63) is 29.8 Å². The minimum Gasteiger partial charge on any atom is -0.493 e. The van der Waals surface area contributed by atoms with Crippen LogP contribution in [0.2, 0.25) is 0 Å². The zero-order valence-corrected chi connectivity index (χ0v) is 9.18. The number of aliphatic hydroxyl groups excluding tert-OH is 1. The lowest BCUT2D eigenvalue weighted by Crippen LogP contribution is -2.07. The summed E-state index contributed by atoms with van der Waals surface area (Å²) in [5, 5.41) is 17.9. The summed E-state index contributed by atoms with van der Waals surface area (Å²) >= 11 is 0. The Bertz CT molecular complexity index is 297. The molecule has 0 aromatic heterocycles. The molecule has 0 heterocycles. The summed E-state index contributed by atoms with van der Waals surface area (Å²) in [4.78, 5) is 0. The first kappa shape index (κ1) is 12.0. The molecule has 1 unspecified atom stereocenters. The van der Waals surface area contributed by atoms with Gasteiger partial charge in [0.25, 0.3) is 0 Å². The first-order chi connectivity index (χ1) is 7.13. The molecule has 0 fully saturated rings. The van der Waals surface area contributed by atoms with Crippen molar-refractivity contribution in [2.75, 3.05) is 6.61 Å². The van der Waals surface area contributed by atoms with Crippen LogP contribution in [-0.4, -0.2) is 16.8 Å². The van der Waals surface area contributed by atoms with Crippen LogP contribution < -0.4 is 4.74 Å². The number of ether oxygens (including phenoxy) is 1. The minimum absolute atomic E-state index is 0.455. The summed E-state index contributed by atoms with van der Waals surface area (Å²) in [7, 11) is 0. The third kappa shape index (κ3) is 3.90. The smallest absolute Gasteiger partial charge is 0.178 e. The first-order valence-corrected chi connectivity index (χ1v) is 5.22. The Kier molecular flexibility index (Phi) is 4.59. The summed E-state index contributed by atoms with van der Waals surface area (Å²) in [6.07, 6.45) is -0.361. The molecule has 1 aromatic rings. The lowest BCUT2D eigenvalue weighted by atomic mass is 10.1. The maximum Gasteiger partial charge on any atom is 0.178 e. The predicted octanol–water partition coefficient (Wildman–Crippen LogP) is 2.09. The standard InChI is InChI=1S/C12H18O3/c1-3-9(2)8-15-11-6-4-5-10(7-11)12(13)14/h4-7,9,12-14H,3,8H2,1-2H3. The highest BCUT2D eigenvalue weighted by Crippen LogP contribution is 2.18. The van der Waals surface area contributed by atoms with E-state index in [-0.39, 0.29) is 0 Å². The van der Waals surface area contributed by atoms with Gasteiger partial charge in [-0.3, -0.25) is 0 Å². The average Bonchev–Trinajstić information content (AvgIpc) is 2.26. The molecule has 2 N–H and O–H groups in total. The van der Waals surface area contributed by atoms with Gasteiger partial charge in [-0.1, -0.05) is 32.4 Å². The Hall–Kier alpha value is -1.06. The molecule has 0 aliphatic rings. The lowest BCUT2D eigenvalue weighted by molar-refractivity contribution is -0.0426. The van der Waals surface area contributed by atoms with Crippen LogP contribution in [0.1, 0.15) is 32.1 Å². The van der Waals surface area contributed by atoms with E-state index in [1.165, 1.54) is 0 Å². The van der Waals surface area contributed by atoms with Gasteiger partial charge in [-0.15, -0.1) is 0 Å². The fraction of sp³-hybridized carbons (Fsp3) is 0.500. The van der Waals surface area contributed by atoms with E-state index in [0.717, 1.165) is 6.42 Å². The van der Waals surface area contributed by atoms with Crippen molar-refractivity contribution in [3.8, 4) is 5.75 Å². The quantitative estimate of drug-likeness (QED) is 0.732. The zero-order valence-electron chi connectivity index (χ0n) is 9.18. The maximum absolute atomic E-state index is 8.97. The maximum atomic E-state index is 8.97. The van der Waals surface area contributed by atoms with Crippen molar-refractivity contribution < 1.29 is 14.9 Å². The Morgan fingerprint density at radius 2 is 2.07 bits per heavy atom. The van der Waals surface area contributed by atoms with Crippen molar-refractivity contribution in [1.29, 1.82) is 0 Å². The second-order valence-corrected chi connectivity index (χ2v) is 3.77. The van der Waals surface area contributed by atoms with E-state index in [4.69, 9.17) is 14.9 Å². The Morgan fingerprint density at radius 3 is 2.67 bits per heavy atom. The van der Waals surface area contributed by atoms with Crippen LogP contribution in [0.15, 0.2) is 24.3 Å². The van der Waals surface area contributed by atoms with Crippen LogP contribution in [0, 0.1) is 5.92 Å². The molecule has 0 saturated heterocycles. The topological polar surface area (TPSA) is 49.7 Å². The third-order valence-corrected chi connectivity index (χ3v) is 2.39. The largest absolute Gasteiger partial charge is 0.493 e. The van der Waals surface area contributed by atoms with Gasteiger partial charge in [0.05, 0.1) is 6.61 Å². The van der Waals surface area contributed by atoms with E-state index in [1.807, 2.05) is 6.07 Å². The van der Waals surface area contributed by atoms with Crippen molar-refractivity contribution >= 4 is 0 Å². The van der Waals surface area contributed by atoms with Crippen molar-refractivity contribution in [3.63, 3.8) is 0 Å². The van der Waals surface area contributed by atoms with Gasteiger partial charge in [0.15, 0.2) is 6.29 Å². The van der Waals surface area contributed by atoms with Gasteiger partial charge in [-0.05, 0) is 18.1 Å². The molecule has 1 atom stereocenters. The summed E-state index contributed by atoms with van der Waals surface area (Å²) < 4.78 is 5.53. The molecular formula is C12H18O3. The Morgan fingerprint density at radius 1 is 1.33 bits per heavy atom. The average molecular weight is 210 g/mol. The summed E-state index contributed by atoms with van der Waals surface area (Å²) in [5.41, 5.74) is 0.455. The van der Waals surface area contributed by atoms with E-state index in [9.17, 15) is 0 Å². The van der Waals surface area contributed by atoms with Crippen molar-refractivity contribution in [2.24, 2.45) is 5.92 Å². The van der Waals surface area contributed by atoms with E-state index >= 15 is 0 Å². The Balaban J connectivity index is 2.58. The monoisotopic (exact) mass is 210 g/mol. The van der Waals surface area contributed by atoms with Crippen LogP contribution in [0.25, 0.3) is 0 Å². The normalized spacial score (nSPS) is 12.9. The lowest BCUT2D eigenvalue weighted by Gasteiger charge is -2.12. The first-order valence-electron chi connectivity index (χ1n) is 5.22. The van der Waals surface area contributed by atoms with E-state index in [0.29, 0.717) is 23.8 Å². The minimum atomic E-state index is -1.43. The molecule has 3 nitrogen and oxygen atoms in total. The van der Waals surface area contributed by atoms with E-state index in [1.54, 1.807) is 18.2 Å². The highest BCUT2D eigenvalue weighted by molar-refractivity contribution is 5.28. The molecule has 1 rings (SSSR count). The highest BCUT2D eigenvalue weighted by atomic mass is 16.5. The molecule has 0 aliphatic carbocycles. The second kappa shape index (κ2) is 5.73.